The van der Waals surface area contributed by atoms with Gasteiger partial charge < -0.3 is 5.32 Å². The molecule has 0 aliphatic carbocycles. The molecule has 2 nitrogen and oxygen atoms in total. The van der Waals surface area contributed by atoms with Gasteiger partial charge in [-0.3, -0.25) is 4.79 Å². The van der Waals surface area contributed by atoms with Gasteiger partial charge in [0.1, 0.15) is 0 Å². The predicted octanol–water partition coefficient (Wildman–Crippen LogP) is 2.75. The van der Waals surface area contributed by atoms with Gasteiger partial charge in [0.2, 0.25) is 0 Å². The maximum absolute atomic E-state index is 12.5. The first-order valence-electron chi connectivity index (χ1n) is 4.96. The lowest BCUT2D eigenvalue weighted by Crippen LogP contribution is -2.06. The number of benzene rings is 1. The Hall–Kier alpha value is -1.62. The number of alkyl halides is 3. The van der Waals surface area contributed by atoms with Crippen molar-refractivity contribution >= 4 is 12.4 Å². The van der Waals surface area contributed by atoms with Crippen LogP contribution in [0.25, 0.3) is 6.08 Å². The van der Waals surface area contributed by atoms with Crippen LogP contribution < -0.4 is 5.32 Å². The van der Waals surface area contributed by atoms with Gasteiger partial charge >= 0.3 is 6.18 Å². The molecule has 0 saturated heterocycles. The highest BCUT2D eigenvalue weighted by Gasteiger charge is 2.30. The van der Waals surface area contributed by atoms with Crippen LogP contribution >= 0.6 is 0 Å². The van der Waals surface area contributed by atoms with Gasteiger partial charge in [-0.1, -0.05) is 18.2 Å². The lowest BCUT2D eigenvalue weighted by Gasteiger charge is -2.08. The number of halogens is 3. The van der Waals surface area contributed by atoms with Crippen molar-refractivity contribution in [3.05, 3.63) is 41.0 Å². The Morgan fingerprint density at radius 3 is 2.53 bits per heavy atom. The molecule has 17 heavy (non-hydrogen) atoms. The third kappa shape index (κ3) is 3.71. The minimum absolute atomic E-state index is 0.241. The number of hydrogen-bond donors (Lipinski definition) is 1. The molecule has 0 heterocycles. The molecule has 1 N–H and O–H groups in total. The molecule has 0 aromatic heterocycles. The van der Waals surface area contributed by atoms with Gasteiger partial charge in [0, 0.05) is 12.1 Å². The van der Waals surface area contributed by atoms with Crippen molar-refractivity contribution in [1.82, 2.24) is 5.32 Å². The molecule has 0 amide bonds. The van der Waals surface area contributed by atoms with Crippen molar-refractivity contribution in [2.75, 3.05) is 13.6 Å². The smallest absolute Gasteiger partial charge is 0.316 e. The van der Waals surface area contributed by atoms with E-state index in [1.54, 1.807) is 13.1 Å². The van der Waals surface area contributed by atoms with Crippen LogP contribution in [0, 0.1) is 0 Å². The summed E-state index contributed by atoms with van der Waals surface area (Å²) >= 11 is 0. The van der Waals surface area contributed by atoms with E-state index in [0.29, 0.717) is 12.8 Å². The topological polar surface area (TPSA) is 29.1 Å². The zero-order valence-electron chi connectivity index (χ0n) is 9.21. The fraction of sp³-hybridized carbons (Fsp3) is 0.250. The summed E-state index contributed by atoms with van der Waals surface area (Å²) in [6.07, 6.45) is -0.704. The average molecular weight is 243 g/mol. The summed E-state index contributed by atoms with van der Waals surface area (Å²) in [7, 11) is 1.72. The summed E-state index contributed by atoms with van der Waals surface area (Å²) in [4.78, 5) is 10.7. The van der Waals surface area contributed by atoms with Crippen molar-refractivity contribution in [2.24, 2.45) is 0 Å². The third-order valence-corrected chi connectivity index (χ3v) is 2.16. The second-order valence-corrected chi connectivity index (χ2v) is 3.42. The maximum atomic E-state index is 12.5. The molecule has 0 unspecified atom stereocenters. The van der Waals surface area contributed by atoms with E-state index in [4.69, 9.17) is 0 Å². The summed E-state index contributed by atoms with van der Waals surface area (Å²) in [5.74, 6) is 0. The summed E-state index contributed by atoms with van der Waals surface area (Å²) in [6, 6.07) is 3.05. The van der Waals surface area contributed by atoms with E-state index in [-0.39, 0.29) is 11.1 Å². The van der Waals surface area contributed by atoms with Gasteiger partial charge in [-0.25, -0.2) is 0 Å². The van der Waals surface area contributed by atoms with Gasteiger partial charge in [-0.2, -0.15) is 13.2 Å². The van der Waals surface area contributed by atoms with Crippen molar-refractivity contribution in [3.63, 3.8) is 0 Å². The number of carbonyl (C=O) groups excluding carboxylic acids is 1. The molecule has 92 valence electrons. The van der Waals surface area contributed by atoms with E-state index in [9.17, 15) is 18.0 Å². The zero-order valence-corrected chi connectivity index (χ0v) is 9.21. The van der Waals surface area contributed by atoms with Gasteiger partial charge in [-0.15, -0.1) is 0 Å². The largest absolute Gasteiger partial charge is 0.416 e. The zero-order chi connectivity index (χ0) is 12.9. The molecule has 0 radical (unpaired) electrons. The highest BCUT2D eigenvalue weighted by Crippen LogP contribution is 2.30. The Morgan fingerprint density at radius 1 is 1.29 bits per heavy atom. The number of carbonyl (C=O) groups is 1. The lowest BCUT2D eigenvalue weighted by atomic mass is 10.0. The van der Waals surface area contributed by atoms with Crippen LogP contribution in [0.5, 0.6) is 0 Å². The van der Waals surface area contributed by atoms with Crippen LogP contribution in [0.3, 0.4) is 0 Å². The molecule has 5 heteroatoms. The van der Waals surface area contributed by atoms with Crippen molar-refractivity contribution in [3.8, 4) is 0 Å². The van der Waals surface area contributed by atoms with Gasteiger partial charge in [0.15, 0.2) is 6.29 Å². The minimum atomic E-state index is -4.40. The Kier molecular flexibility index (Phi) is 4.45. The first kappa shape index (κ1) is 13.4. The number of hydrogen-bond acceptors (Lipinski definition) is 2. The van der Waals surface area contributed by atoms with Crippen LogP contribution in [-0.2, 0) is 6.18 Å². The lowest BCUT2D eigenvalue weighted by molar-refractivity contribution is -0.137. The molecule has 1 rings (SSSR count). The van der Waals surface area contributed by atoms with Crippen LogP contribution in [0.15, 0.2) is 24.3 Å². The molecule has 1 aromatic carbocycles. The van der Waals surface area contributed by atoms with E-state index in [1.165, 1.54) is 12.1 Å². The molecular formula is C12H12F3NO. The number of likely N-dealkylation sites (N-methyl/N-ethyl adjacent to an activating group) is 1. The third-order valence-electron chi connectivity index (χ3n) is 2.16. The summed E-state index contributed by atoms with van der Waals surface area (Å²) in [5.41, 5.74) is -0.248. The Labute approximate surface area is 97.1 Å². The SMILES string of the molecule is CNCC=Cc1cc(C(F)(F)F)ccc1C=O. The Balaban J connectivity index is 3.11. The van der Waals surface area contributed by atoms with Gasteiger partial charge in [0.25, 0.3) is 0 Å². The second-order valence-electron chi connectivity index (χ2n) is 3.42. The first-order valence-corrected chi connectivity index (χ1v) is 4.96. The van der Waals surface area contributed by atoms with E-state index in [2.05, 4.69) is 5.32 Å². The van der Waals surface area contributed by atoms with Crippen LogP contribution in [0.1, 0.15) is 21.5 Å². The molecule has 0 fully saturated rings. The Morgan fingerprint density at radius 2 is 2.00 bits per heavy atom. The van der Waals surface area contributed by atoms with Crippen molar-refractivity contribution in [1.29, 1.82) is 0 Å². The second kappa shape index (κ2) is 5.63. The minimum Gasteiger partial charge on any atom is -0.316 e. The Bertz CT molecular complexity index is 424. The summed E-state index contributed by atoms with van der Waals surface area (Å²) < 4.78 is 37.4. The van der Waals surface area contributed by atoms with Crippen LogP contribution in [0.2, 0.25) is 0 Å². The monoisotopic (exact) mass is 243 g/mol. The highest BCUT2D eigenvalue weighted by atomic mass is 19.4. The molecule has 0 atom stereocenters. The standard InChI is InChI=1S/C12H12F3NO/c1-16-6-2-3-9-7-11(12(13,14)15)5-4-10(9)8-17/h2-5,7-8,16H,6H2,1H3. The fourth-order valence-electron chi connectivity index (χ4n) is 1.31. The maximum Gasteiger partial charge on any atom is 0.416 e. The normalized spacial score (nSPS) is 12.0. The molecule has 0 aliphatic rings. The van der Waals surface area contributed by atoms with Crippen molar-refractivity contribution < 1.29 is 18.0 Å². The van der Waals surface area contributed by atoms with Gasteiger partial charge in [0.05, 0.1) is 5.56 Å². The van der Waals surface area contributed by atoms with Crippen LogP contribution in [0.4, 0.5) is 13.2 Å². The predicted molar refractivity (Wildman–Crippen MR) is 59.8 cm³/mol. The summed E-state index contributed by atoms with van der Waals surface area (Å²) in [6.45, 7) is 0.522. The van der Waals surface area contributed by atoms with Gasteiger partial charge in [-0.05, 0) is 24.7 Å². The molecular weight excluding hydrogens is 231 g/mol. The number of nitrogens with one attached hydrogen (secondary N) is 1. The van der Waals surface area contributed by atoms with E-state index >= 15 is 0 Å². The fourth-order valence-corrected chi connectivity index (χ4v) is 1.31. The quantitative estimate of drug-likeness (QED) is 0.824. The average Bonchev–Trinajstić information content (AvgIpc) is 2.28. The highest BCUT2D eigenvalue weighted by molar-refractivity contribution is 5.82. The van der Waals surface area contributed by atoms with Crippen molar-refractivity contribution in [2.45, 2.75) is 6.18 Å². The molecule has 0 aliphatic heterocycles. The van der Waals surface area contributed by atoms with Crippen LogP contribution in [-0.4, -0.2) is 19.9 Å². The van der Waals surface area contributed by atoms with E-state index in [1.807, 2.05) is 0 Å². The molecule has 0 spiro atoms. The number of aldehydes is 1. The summed E-state index contributed by atoms with van der Waals surface area (Å²) in [5, 5.41) is 2.82. The van der Waals surface area contributed by atoms with E-state index in [0.717, 1.165) is 12.1 Å². The molecule has 0 saturated carbocycles. The molecule has 0 bridgehead atoms. The molecule has 1 aromatic rings. The first-order chi connectivity index (χ1) is 7.99. The van der Waals surface area contributed by atoms with E-state index < -0.39 is 11.7 Å². The number of rotatable bonds is 4.